The molecule has 2 aliphatic rings. The smallest absolute Gasteiger partial charge is 0.325 e. The summed E-state index contributed by atoms with van der Waals surface area (Å²) < 4.78 is 0. The van der Waals surface area contributed by atoms with Crippen LogP contribution in [-0.2, 0) is 28.1 Å². The summed E-state index contributed by atoms with van der Waals surface area (Å²) in [5, 5.41) is 4.88. The summed E-state index contributed by atoms with van der Waals surface area (Å²) in [6, 6.07) is 9.26. The van der Waals surface area contributed by atoms with Crippen molar-refractivity contribution in [3.05, 3.63) is 57.3 Å². The fourth-order valence-corrected chi connectivity index (χ4v) is 5.04. The number of hydrogen-bond acceptors (Lipinski definition) is 4. The van der Waals surface area contributed by atoms with E-state index in [1.807, 2.05) is 42.6 Å². The Balaban J connectivity index is 1.52. The van der Waals surface area contributed by atoms with Gasteiger partial charge in [0.2, 0.25) is 5.91 Å². The molecule has 1 spiro atoms. The van der Waals surface area contributed by atoms with E-state index >= 15 is 0 Å². The van der Waals surface area contributed by atoms with Crippen LogP contribution < -0.4 is 5.32 Å². The molecule has 1 atom stereocenters. The van der Waals surface area contributed by atoms with E-state index in [0.717, 1.165) is 39.3 Å². The van der Waals surface area contributed by atoms with Crippen LogP contribution in [0.2, 0.25) is 0 Å². The lowest BCUT2D eigenvalue weighted by molar-refractivity contribution is -0.139. The number of carbonyl (C=O) groups excluding carboxylic acids is 3. The van der Waals surface area contributed by atoms with Crippen molar-refractivity contribution in [2.24, 2.45) is 0 Å². The van der Waals surface area contributed by atoms with Gasteiger partial charge in [0, 0.05) is 11.9 Å². The second-order valence-electron chi connectivity index (χ2n) is 7.51. The molecule has 6 nitrogen and oxygen atoms in total. The van der Waals surface area contributed by atoms with Gasteiger partial charge in [0.05, 0.1) is 6.54 Å². The number of nitrogens with one attached hydrogen (secondary N) is 1. The van der Waals surface area contributed by atoms with Gasteiger partial charge in [-0.05, 0) is 54.3 Å². The highest BCUT2D eigenvalue weighted by atomic mass is 32.1. The number of thiophene rings is 1. The summed E-state index contributed by atoms with van der Waals surface area (Å²) in [6.07, 6.45) is 2.27. The number of fused-ring (bicyclic) bond motifs is 2. The van der Waals surface area contributed by atoms with Crippen molar-refractivity contribution in [1.82, 2.24) is 15.1 Å². The van der Waals surface area contributed by atoms with Gasteiger partial charge in [0.15, 0.2) is 0 Å². The molecule has 1 fully saturated rings. The van der Waals surface area contributed by atoms with Crippen LogP contribution in [0.3, 0.4) is 0 Å². The first-order valence-corrected chi connectivity index (χ1v) is 10.3. The number of nitrogens with zero attached hydrogens (tertiary/aromatic N) is 2. The third-order valence-electron chi connectivity index (χ3n) is 5.72. The van der Waals surface area contributed by atoms with Crippen molar-refractivity contribution in [2.75, 3.05) is 13.6 Å². The van der Waals surface area contributed by atoms with Gasteiger partial charge in [-0.1, -0.05) is 24.3 Å². The van der Waals surface area contributed by atoms with E-state index in [0.29, 0.717) is 13.0 Å². The van der Waals surface area contributed by atoms with Gasteiger partial charge >= 0.3 is 6.03 Å². The van der Waals surface area contributed by atoms with Crippen LogP contribution in [0, 0.1) is 6.92 Å². The molecule has 4 rings (SSSR count). The third kappa shape index (κ3) is 2.99. The lowest BCUT2D eigenvalue weighted by Gasteiger charge is -2.33. The van der Waals surface area contributed by atoms with Gasteiger partial charge < -0.3 is 10.2 Å². The Morgan fingerprint density at radius 2 is 2.07 bits per heavy atom. The topological polar surface area (TPSA) is 69.7 Å². The average Bonchev–Trinajstić information content (AvgIpc) is 3.18. The summed E-state index contributed by atoms with van der Waals surface area (Å²) in [6.45, 7) is 2.24. The van der Waals surface area contributed by atoms with Gasteiger partial charge in [-0.3, -0.25) is 14.5 Å². The first-order chi connectivity index (χ1) is 13.4. The van der Waals surface area contributed by atoms with Crippen molar-refractivity contribution in [1.29, 1.82) is 0 Å². The highest BCUT2D eigenvalue weighted by Crippen LogP contribution is 2.39. The Bertz CT molecular complexity index is 954. The van der Waals surface area contributed by atoms with Gasteiger partial charge in [-0.25, -0.2) is 4.79 Å². The van der Waals surface area contributed by atoms with Crippen LogP contribution in [0.1, 0.15) is 34.4 Å². The monoisotopic (exact) mass is 397 g/mol. The van der Waals surface area contributed by atoms with Crippen LogP contribution in [0.25, 0.3) is 0 Å². The zero-order valence-electron chi connectivity index (χ0n) is 16.0. The summed E-state index contributed by atoms with van der Waals surface area (Å²) in [5.41, 5.74) is 2.05. The highest BCUT2D eigenvalue weighted by molar-refractivity contribution is 7.10. The normalized spacial score (nSPS) is 21.0. The van der Waals surface area contributed by atoms with Gasteiger partial charge in [-0.2, -0.15) is 0 Å². The van der Waals surface area contributed by atoms with E-state index in [1.165, 1.54) is 0 Å². The number of imide groups is 1. The van der Waals surface area contributed by atoms with Crippen molar-refractivity contribution in [3.8, 4) is 0 Å². The molecule has 1 aliphatic heterocycles. The van der Waals surface area contributed by atoms with E-state index in [2.05, 4.69) is 5.32 Å². The van der Waals surface area contributed by atoms with Gasteiger partial charge in [0.25, 0.3) is 5.91 Å². The van der Waals surface area contributed by atoms with Crippen LogP contribution in [-0.4, -0.2) is 41.2 Å². The molecule has 146 valence electrons. The zero-order chi connectivity index (χ0) is 19.9. The van der Waals surface area contributed by atoms with E-state index < -0.39 is 11.6 Å². The number of hydrogen-bond donors (Lipinski definition) is 1. The van der Waals surface area contributed by atoms with Crippen LogP contribution in [0.4, 0.5) is 4.79 Å². The molecule has 28 heavy (non-hydrogen) atoms. The molecule has 0 saturated carbocycles. The van der Waals surface area contributed by atoms with Crippen molar-refractivity contribution in [3.63, 3.8) is 0 Å². The second-order valence-corrected chi connectivity index (χ2v) is 8.51. The summed E-state index contributed by atoms with van der Waals surface area (Å²) in [7, 11) is 1.70. The lowest BCUT2D eigenvalue weighted by atomic mass is 9.76. The van der Waals surface area contributed by atoms with Crippen LogP contribution in [0.5, 0.6) is 0 Å². The number of benzene rings is 1. The molecule has 0 unspecified atom stereocenters. The molecule has 0 bridgehead atoms. The van der Waals surface area contributed by atoms with Gasteiger partial charge in [0.1, 0.15) is 12.1 Å². The molecule has 4 amide bonds. The minimum Gasteiger partial charge on any atom is -0.339 e. The maximum atomic E-state index is 13.3. The Morgan fingerprint density at radius 3 is 2.82 bits per heavy atom. The Hall–Kier alpha value is -2.67. The second kappa shape index (κ2) is 7.05. The molecule has 1 N–H and O–H groups in total. The molecule has 1 aromatic carbocycles. The number of likely N-dealkylation sites (N-methyl/N-ethyl adjacent to an activating group) is 1. The highest BCUT2D eigenvalue weighted by Gasteiger charge is 2.54. The number of carbonyl (C=O) groups is 3. The third-order valence-corrected chi connectivity index (χ3v) is 6.73. The predicted molar refractivity (Wildman–Crippen MR) is 107 cm³/mol. The SMILES string of the molecule is Cc1ccsc1CN(C)C(=O)CN1C(=O)N[C@@]2(CCCc3ccccc32)C1=O. The molecule has 2 aromatic rings. The molecule has 1 aromatic heterocycles. The minimum atomic E-state index is -1.03. The molecule has 1 saturated heterocycles. The number of rotatable bonds is 4. The van der Waals surface area contributed by atoms with E-state index in [4.69, 9.17) is 0 Å². The average molecular weight is 398 g/mol. The summed E-state index contributed by atoms with van der Waals surface area (Å²) in [5.74, 6) is -0.573. The number of aryl methyl sites for hydroxylation is 2. The van der Waals surface area contributed by atoms with Crippen molar-refractivity contribution >= 4 is 29.2 Å². The quantitative estimate of drug-likeness (QED) is 0.807. The molecule has 2 heterocycles. The maximum Gasteiger partial charge on any atom is 0.325 e. The maximum absolute atomic E-state index is 13.3. The fraction of sp³-hybridized carbons (Fsp3) is 0.381. The number of urea groups is 1. The fourth-order valence-electron chi connectivity index (χ4n) is 4.08. The van der Waals surface area contributed by atoms with Crippen molar-refractivity contribution < 1.29 is 14.4 Å². The van der Waals surface area contributed by atoms with Crippen molar-refractivity contribution in [2.45, 2.75) is 38.3 Å². The van der Waals surface area contributed by atoms with E-state index in [9.17, 15) is 14.4 Å². The Morgan fingerprint density at radius 1 is 1.29 bits per heavy atom. The standard InChI is InChI=1S/C21H23N3O3S/c1-14-9-11-28-17(14)12-23(2)18(25)13-24-19(26)21(22-20(24)27)10-5-7-15-6-3-4-8-16(15)21/h3-4,6,8-9,11H,5,7,10,12-13H2,1-2H3,(H,22,27)/t21-/m1/s1. The number of amides is 4. The van der Waals surface area contributed by atoms with Crippen LogP contribution in [0.15, 0.2) is 35.7 Å². The molecule has 7 heteroatoms. The predicted octanol–water partition coefficient (Wildman–Crippen LogP) is 2.80. The molecule has 0 radical (unpaired) electrons. The van der Waals surface area contributed by atoms with Crippen LogP contribution >= 0.6 is 11.3 Å². The van der Waals surface area contributed by atoms with E-state index in [1.54, 1.807) is 23.3 Å². The summed E-state index contributed by atoms with van der Waals surface area (Å²) in [4.78, 5) is 42.3. The first kappa shape index (κ1) is 18.7. The molecule has 1 aliphatic carbocycles. The first-order valence-electron chi connectivity index (χ1n) is 9.42. The summed E-state index contributed by atoms with van der Waals surface area (Å²) >= 11 is 1.60. The zero-order valence-corrected chi connectivity index (χ0v) is 16.8. The van der Waals surface area contributed by atoms with E-state index in [-0.39, 0.29) is 18.4 Å². The largest absolute Gasteiger partial charge is 0.339 e. The Labute approximate surface area is 168 Å². The van der Waals surface area contributed by atoms with Gasteiger partial charge in [-0.15, -0.1) is 11.3 Å². The molecular weight excluding hydrogens is 374 g/mol. The lowest BCUT2D eigenvalue weighted by Crippen LogP contribution is -2.47. The minimum absolute atomic E-state index is 0.241. The Kier molecular flexibility index (Phi) is 4.71. The molecular formula is C21H23N3O3S.